The van der Waals surface area contributed by atoms with Gasteiger partial charge in [0.15, 0.2) is 0 Å². The fourth-order valence-corrected chi connectivity index (χ4v) is 2.55. The molecule has 3 rings (SSSR count). The largest absolute Gasteiger partial charge is 0.415 e. The van der Waals surface area contributed by atoms with Crippen molar-refractivity contribution in [3.8, 4) is 5.75 Å². The smallest absolute Gasteiger partial charge is 0.410 e. The Balaban J connectivity index is 1.57. The summed E-state index contributed by atoms with van der Waals surface area (Å²) in [4.78, 5) is 27.5. The Morgan fingerprint density at radius 3 is 2.08 bits per heavy atom. The third-order valence-electron chi connectivity index (χ3n) is 3.88. The number of para-hydroxylation sites is 1. The number of rotatable bonds is 2. The number of ether oxygens (including phenoxy) is 1. The molecule has 0 radical (unpaired) electrons. The van der Waals surface area contributed by atoms with Crippen molar-refractivity contribution >= 4 is 12.0 Å². The van der Waals surface area contributed by atoms with Gasteiger partial charge in [0, 0.05) is 26.2 Å². The number of hydrogen-bond donors (Lipinski definition) is 0. The fourth-order valence-electron chi connectivity index (χ4n) is 2.55. The summed E-state index contributed by atoms with van der Waals surface area (Å²) in [7, 11) is 0. The normalized spacial score (nSPS) is 14.4. The monoisotopic (exact) mass is 328 g/mol. The van der Waals surface area contributed by atoms with Crippen LogP contribution in [0.1, 0.15) is 10.4 Å². The van der Waals surface area contributed by atoms with Crippen LogP contribution in [-0.4, -0.2) is 48.0 Å². The van der Waals surface area contributed by atoms with E-state index in [2.05, 4.69) is 0 Å². The van der Waals surface area contributed by atoms with Gasteiger partial charge in [0.25, 0.3) is 5.91 Å². The van der Waals surface area contributed by atoms with E-state index in [1.807, 2.05) is 6.07 Å². The molecule has 0 aromatic heterocycles. The molecule has 2 aromatic rings. The Labute approximate surface area is 139 Å². The Hall–Kier alpha value is -2.89. The molecule has 5 nitrogen and oxygen atoms in total. The second kappa shape index (κ2) is 7.12. The Kier molecular flexibility index (Phi) is 4.74. The van der Waals surface area contributed by atoms with Crippen LogP contribution in [0.4, 0.5) is 9.18 Å². The minimum atomic E-state index is -0.534. The van der Waals surface area contributed by atoms with Crippen LogP contribution < -0.4 is 4.74 Å². The summed E-state index contributed by atoms with van der Waals surface area (Å²) in [5.41, 5.74) is 0.0535. The van der Waals surface area contributed by atoms with Crippen LogP contribution in [-0.2, 0) is 0 Å². The number of halogens is 1. The Bertz CT molecular complexity index is 728. The maximum atomic E-state index is 13.7. The summed E-state index contributed by atoms with van der Waals surface area (Å²) in [5.74, 6) is -0.412. The third-order valence-corrected chi connectivity index (χ3v) is 3.88. The molecule has 1 aliphatic rings. The number of amides is 2. The number of hydrogen-bond acceptors (Lipinski definition) is 3. The predicted molar refractivity (Wildman–Crippen MR) is 86.3 cm³/mol. The van der Waals surface area contributed by atoms with Crippen molar-refractivity contribution in [2.24, 2.45) is 0 Å². The van der Waals surface area contributed by atoms with Crippen LogP contribution in [0.15, 0.2) is 54.6 Å². The van der Waals surface area contributed by atoms with E-state index in [1.165, 1.54) is 17.0 Å². The minimum absolute atomic E-state index is 0.0535. The highest BCUT2D eigenvalue weighted by molar-refractivity contribution is 5.94. The van der Waals surface area contributed by atoms with Gasteiger partial charge >= 0.3 is 6.09 Å². The van der Waals surface area contributed by atoms with Gasteiger partial charge < -0.3 is 14.5 Å². The van der Waals surface area contributed by atoms with E-state index >= 15 is 0 Å². The van der Waals surface area contributed by atoms with Crippen LogP contribution in [0.5, 0.6) is 5.75 Å². The van der Waals surface area contributed by atoms with Crippen molar-refractivity contribution in [3.63, 3.8) is 0 Å². The number of nitrogens with zero attached hydrogens (tertiary/aromatic N) is 2. The molecule has 0 unspecified atom stereocenters. The fraction of sp³-hybridized carbons (Fsp3) is 0.222. The molecule has 1 saturated heterocycles. The first-order valence-electron chi connectivity index (χ1n) is 7.71. The molecule has 0 atom stereocenters. The van der Waals surface area contributed by atoms with Gasteiger partial charge in [0.1, 0.15) is 11.6 Å². The van der Waals surface area contributed by atoms with E-state index in [9.17, 15) is 14.0 Å². The number of benzene rings is 2. The van der Waals surface area contributed by atoms with Crippen LogP contribution in [0, 0.1) is 5.82 Å². The highest BCUT2D eigenvalue weighted by Crippen LogP contribution is 2.14. The highest BCUT2D eigenvalue weighted by Gasteiger charge is 2.27. The Morgan fingerprint density at radius 1 is 0.833 bits per heavy atom. The Morgan fingerprint density at radius 2 is 1.42 bits per heavy atom. The maximum absolute atomic E-state index is 13.7. The van der Waals surface area contributed by atoms with E-state index in [1.54, 1.807) is 41.3 Å². The molecule has 0 saturated carbocycles. The van der Waals surface area contributed by atoms with E-state index in [0.29, 0.717) is 31.9 Å². The van der Waals surface area contributed by atoms with Crippen LogP contribution >= 0.6 is 0 Å². The van der Waals surface area contributed by atoms with Crippen molar-refractivity contribution in [1.29, 1.82) is 0 Å². The molecule has 1 heterocycles. The summed E-state index contributed by atoms with van der Waals surface area (Å²) in [6.07, 6.45) is -0.445. The van der Waals surface area contributed by atoms with Crippen molar-refractivity contribution in [3.05, 3.63) is 66.0 Å². The maximum Gasteiger partial charge on any atom is 0.415 e. The van der Waals surface area contributed by atoms with Crippen molar-refractivity contribution in [2.45, 2.75) is 0 Å². The first kappa shape index (κ1) is 16.0. The summed E-state index contributed by atoms with van der Waals surface area (Å²) >= 11 is 0. The number of carbonyl (C=O) groups is 2. The van der Waals surface area contributed by atoms with E-state index in [0.717, 1.165) is 0 Å². The van der Waals surface area contributed by atoms with Crippen molar-refractivity contribution in [2.75, 3.05) is 26.2 Å². The molecular formula is C18H17FN2O3. The van der Waals surface area contributed by atoms with E-state index in [-0.39, 0.29) is 11.5 Å². The summed E-state index contributed by atoms with van der Waals surface area (Å²) in [6, 6.07) is 14.7. The number of piperazine rings is 1. The van der Waals surface area contributed by atoms with Gasteiger partial charge in [-0.25, -0.2) is 9.18 Å². The quantitative estimate of drug-likeness (QED) is 0.852. The van der Waals surface area contributed by atoms with E-state index < -0.39 is 11.9 Å². The van der Waals surface area contributed by atoms with Gasteiger partial charge in [0.05, 0.1) is 5.56 Å². The first-order valence-corrected chi connectivity index (χ1v) is 7.71. The zero-order chi connectivity index (χ0) is 16.9. The van der Waals surface area contributed by atoms with Gasteiger partial charge in [0.2, 0.25) is 0 Å². The molecular weight excluding hydrogens is 311 g/mol. The minimum Gasteiger partial charge on any atom is -0.410 e. The van der Waals surface area contributed by atoms with Crippen molar-refractivity contribution in [1.82, 2.24) is 9.80 Å². The summed E-state index contributed by atoms with van der Waals surface area (Å²) < 4.78 is 19.0. The molecule has 6 heteroatoms. The average Bonchev–Trinajstić information content (AvgIpc) is 2.62. The highest BCUT2D eigenvalue weighted by atomic mass is 19.1. The molecule has 1 fully saturated rings. The third kappa shape index (κ3) is 3.53. The second-order valence-corrected chi connectivity index (χ2v) is 5.44. The van der Waals surface area contributed by atoms with Crippen LogP contribution in [0.3, 0.4) is 0 Å². The lowest BCUT2D eigenvalue weighted by atomic mass is 10.1. The molecule has 0 spiro atoms. The molecule has 1 aliphatic heterocycles. The first-order chi connectivity index (χ1) is 11.6. The molecule has 2 amide bonds. The molecule has 0 N–H and O–H groups in total. The average molecular weight is 328 g/mol. The number of carbonyl (C=O) groups excluding carboxylic acids is 2. The zero-order valence-electron chi connectivity index (χ0n) is 13.0. The summed E-state index contributed by atoms with van der Waals surface area (Å²) in [6.45, 7) is 1.39. The molecule has 24 heavy (non-hydrogen) atoms. The molecule has 0 bridgehead atoms. The van der Waals surface area contributed by atoms with Gasteiger partial charge in [-0.05, 0) is 24.3 Å². The lowest BCUT2D eigenvalue weighted by Crippen LogP contribution is -2.51. The molecule has 2 aromatic carbocycles. The van der Waals surface area contributed by atoms with Crippen LogP contribution in [0.25, 0.3) is 0 Å². The van der Waals surface area contributed by atoms with Gasteiger partial charge in [-0.2, -0.15) is 0 Å². The SMILES string of the molecule is O=C(Oc1ccccc1)N1CCN(C(=O)c2ccccc2F)CC1. The predicted octanol–water partition coefficient (Wildman–Crippen LogP) is 2.78. The van der Waals surface area contributed by atoms with Gasteiger partial charge in [-0.15, -0.1) is 0 Å². The second-order valence-electron chi connectivity index (χ2n) is 5.44. The van der Waals surface area contributed by atoms with E-state index in [4.69, 9.17) is 4.74 Å². The topological polar surface area (TPSA) is 49.9 Å². The van der Waals surface area contributed by atoms with Crippen molar-refractivity contribution < 1.29 is 18.7 Å². The standard InChI is InChI=1S/C18H17FN2O3/c19-16-9-5-4-8-15(16)17(22)20-10-12-21(13-11-20)18(23)24-14-6-2-1-3-7-14/h1-9H,10-13H2. The molecule has 124 valence electrons. The lowest BCUT2D eigenvalue weighted by Gasteiger charge is -2.34. The van der Waals surface area contributed by atoms with Gasteiger partial charge in [-0.1, -0.05) is 30.3 Å². The van der Waals surface area contributed by atoms with Gasteiger partial charge in [-0.3, -0.25) is 4.79 Å². The zero-order valence-corrected chi connectivity index (χ0v) is 13.0. The van der Waals surface area contributed by atoms with Crippen LogP contribution in [0.2, 0.25) is 0 Å². The molecule has 0 aliphatic carbocycles. The lowest BCUT2D eigenvalue weighted by molar-refractivity contribution is 0.0629. The summed E-state index contributed by atoms with van der Waals surface area (Å²) in [5, 5.41) is 0.